The maximum Gasteiger partial charge on any atom is 0.231 e. The molecule has 28 heavy (non-hydrogen) atoms. The largest absolute Gasteiger partial charge is 0.497 e. The van der Waals surface area contributed by atoms with Crippen molar-refractivity contribution in [1.82, 2.24) is 9.97 Å². The molecule has 0 fully saturated rings. The zero-order chi connectivity index (χ0) is 18.9. The number of nitrogens with zero attached hydrogens (tertiary/aromatic N) is 2. The summed E-state index contributed by atoms with van der Waals surface area (Å²) in [7, 11) is 1.67. The van der Waals surface area contributed by atoms with Crippen LogP contribution in [0.4, 0.5) is 5.82 Å². The van der Waals surface area contributed by atoms with Crippen molar-refractivity contribution in [3.63, 3.8) is 0 Å². The SMILES string of the molecule is COc1ccc(-c2csc3ncnc(NCc4ccc5c(c4)OCO5)c23)cc1. The number of anilines is 1. The Morgan fingerprint density at radius 3 is 2.79 bits per heavy atom. The molecule has 0 aliphatic carbocycles. The molecule has 2 aromatic carbocycles. The first kappa shape index (κ1) is 16.8. The van der Waals surface area contributed by atoms with Gasteiger partial charge in [-0.15, -0.1) is 11.3 Å². The van der Waals surface area contributed by atoms with Crippen molar-refractivity contribution >= 4 is 27.4 Å². The molecule has 0 unspecified atom stereocenters. The Labute approximate surface area is 165 Å². The highest BCUT2D eigenvalue weighted by molar-refractivity contribution is 7.17. The van der Waals surface area contributed by atoms with Gasteiger partial charge in [-0.1, -0.05) is 18.2 Å². The van der Waals surface area contributed by atoms with Crippen molar-refractivity contribution in [2.75, 3.05) is 19.2 Å². The molecule has 5 rings (SSSR count). The van der Waals surface area contributed by atoms with Gasteiger partial charge in [0.05, 0.1) is 12.5 Å². The van der Waals surface area contributed by atoms with Crippen molar-refractivity contribution in [2.45, 2.75) is 6.54 Å². The van der Waals surface area contributed by atoms with E-state index in [0.717, 1.165) is 50.0 Å². The number of rotatable bonds is 5. The monoisotopic (exact) mass is 391 g/mol. The highest BCUT2D eigenvalue weighted by atomic mass is 32.1. The van der Waals surface area contributed by atoms with E-state index < -0.39 is 0 Å². The fourth-order valence-corrected chi connectivity index (χ4v) is 4.14. The molecule has 1 aliphatic rings. The molecule has 0 radical (unpaired) electrons. The standard InChI is InChI=1S/C21H17N3O3S/c1-25-15-5-3-14(4-6-15)16-10-28-21-19(16)20(23-11-24-21)22-9-13-2-7-17-18(8-13)27-12-26-17/h2-8,10-11H,9,12H2,1H3,(H,22,23,24). The summed E-state index contributed by atoms with van der Waals surface area (Å²) >= 11 is 1.61. The minimum atomic E-state index is 0.277. The fraction of sp³-hybridized carbons (Fsp3) is 0.143. The van der Waals surface area contributed by atoms with E-state index in [1.807, 2.05) is 30.3 Å². The van der Waals surface area contributed by atoms with Gasteiger partial charge < -0.3 is 19.5 Å². The summed E-state index contributed by atoms with van der Waals surface area (Å²) in [5.41, 5.74) is 3.31. The van der Waals surface area contributed by atoms with E-state index in [1.54, 1.807) is 24.8 Å². The van der Waals surface area contributed by atoms with Gasteiger partial charge in [-0.3, -0.25) is 0 Å². The summed E-state index contributed by atoms with van der Waals surface area (Å²) in [5, 5.41) is 6.59. The van der Waals surface area contributed by atoms with Crippen LogP contribution in [0.3, 0.4) is 0 Å². The lowest BCUT2D eigenvalue weighted by molar-refractivity contribution is 0.174. The van der Waals surface area contributed by atoms with E-state index in [1.165, 1.54) is 0 Å². The average Bonchev–Trinajstić information content (AvgIpc) is 3.39. The van der Waals surface area contributed by atoms with Crippen LogP contribution in [-0.2, 0) is 6.54 Å². The molecule has 0 bridgehead atoms. The van der Waals surface area contributed by atoms with E-state index in [-0.39, 0.29) is 6.79 Å². The Hall–Kier alpha value is -3.32. The maximum absolute atomic E-state index is 5.46. The quantitative estimate of drug-likeness (QED) is 0.532. The van der Waals surface area contributed by atoms with Crippen LogP contribution in [0.5, 0.6) is 17.2 Å². The maximum atomic E-state index is 5.46. The Morgan fingerprint density at radius 1 is 1.07 bits per heavy atom. The number of ether oxygens (including phenoxy) is 3. The molecule has 3 heterocycles. The third kappa shape index (κ3) is 2.99. The minimum absolute atomic E-state index is 0.277. The molecule has 7 heteroatoms. The Bertz CT molecular complexity index is 1140. The second-order valence-electron chi connectivity index (χ2n) is 6.32. The van der Waals surface area contributed by atoms with Gasteiger partial charge in [0.1, 0.15) is 22.7 Å². The number of fused-ring (bicyclic) bond motifs is 2. The smallest absolute Gasteiger partial charge is 0.231 e. The molecular formula is C21H17N3O3S. The predicted molar refractivity (Wildman–Crippen MR) is 109 cm³/mol. The number of methoxy groups -OCH3 is 1. The lowest BCUT2D eigenvalue weighted by Crippen LogP contribution is -2.02. The zero-order valence-corrected chi connectivity index (χ0v) is 16.0. The summed E-state index contributed by atoms with van der Waals surface area (Å²) in [6.07, 6.45) is 1.60. The van der Waals surface area contributed by atoms with Gasteiger partial charge in [0.15, 0.2) is 11.5 Å². The van der Waals surface area contributed by atoms with Crippen molar-refractivity contribution in [3.8, 4) is 28.4 Å². The van der Waals surface area contributed by atoms with Gasteiger partial charge in [0, 0.05) is 17.5 Å². The molecular weight excluding hydrogens is 374 g/mol. The predicted octanol–water partition coefficient (Wildman–Crippen LogP) is 4.71. The van der Waals surface area contributed by atoms with Gasteiger partial charge in [0.2, 0.25) is 6.79 Å². The van der Waals surface area contributed by atoms with Gasteiger partial charge in [-0.05, 0) is 35.4 Å². The van der Waals surface area contributed by atoms with Crippen LogP contribution in [0.25, 0.3) is 21.3 Å². The Balaban J connectivity index is 1.46. The van der Waals surface area contributed by atoms with Gasteiger partial charge >= 0.3 is 0 Å². The van der Waals surface area contributed by atoms with E-state index in [9.17, 15) is 0 Å². The average molecular weight is 391 g/mol. The third-order valence-electron chi connectivity index (χ3n) is 4.67. The number of thiophene rings is 1. The Morgan fingerprint density at radius 2 is 1.93 bits per heavy atom. The van der Waals surface area contributed by atoms with Crippen LogP contribution in [0.15, 0.2) is 54.2 Å². The van der Waals surface area contributed by atoms with Crippen molar-refractivity contribution < 1.29 is 14.2 Å². The van der Waals surface area contributed by atoms with E-state index in [2.05, 4.69) is 32.8 Å². The summed E-state index contributed by atoms with van der Waals surface area (Å²) in [6, 6.07) is 14.0. The van der Waals surface area contributed by atoms with Crippen LogP contribution >= 0.6 is 11.3 Å². The summed E-state index contributed by atoms with van der Waals surface area (Å²) in [5.74, 6) is 3.21. The second kappa shape index (κ2) is 7.01. The van der Waals surface area contributed by atoms with Crippen LogP contribution < -0.4 is 19.5 Å². The van der Waals surface area contributed by atoms with Crippen molar-refractivity contribution in [2.24, 2.45) is 0 Å². The van der Waals surface area contributed by atoms with Gasteiger partial charge in [-0.2, -0.15) is 0 Å². The lowest BCUT2D eigenvalue weighted by Gasteiger charge is -2.09. The molecule has 0 spiro atoms. The first-order valence-electron chi connectivity index (χ1n) is 8.81. The molecule has 0 saturated heterocycles. The highest BCUT2D eigenvalue weighted by Gasteiger charge is 2.15. The number of hydrogen-bond donors (Lipinski definition) is 1. The lowest BCUT2D eigenvalue weighted by atomic mass is 10.1. The van der Waals surface area contributed by atoms with Crippen LogP contribution in [0.2, 0.25) is 0 Å². The summed E-state index contributed by atoms with van der Waals surface area (Å²) in [4.78, 5) is 9.87. The number of benzene rings is 2. The van der Waals surface area contributed by atoms with Crippen LogP contribution in [0, 0.1) is 0 Å². The molecule has 0 amide bonds. The third-order valence-corrected chi connectivity index (χ3v) is 5.55. The first-order chi connectivity index (χ1) is 13.8. The Kier molecular flexibility index (Phi) is 4.21. The number of nitrogens with one attached hydrogen (secondary N) is 1. The molecule has 1 N–H and O–H groups in total. The minimum Gasteiger partial charge on any atom is -0.497 e. The van der Waals surface area contributed by atoms with Crippen LogP contribution in [-0.4, -0.2) is 23.9 Å². The van der Waals surface area contributed by atoms with Gasteiger partial charge in [0.25, 0.3) is 0 Å². The normalized spacial score (nSPS) is 12.3. The van der Waals surface area contributed by atoms with E-state index in [4.69, 9.17) is 14.2 Å². The summed E-state index contributed by atoms with van der Waals surface area (Å²) < 4.78 is 16.1. The van der Waals surface area contributed by atoms with E-state index in [0.29, 0.717) is 6.54 Å². The number of hydrogen-bond acceptors (Lipinski definition) is 7. The topological polar surface area (TPSA) is 65.5 Å². The van der Waals surface area contributed by atoms with E-state index >= 15 is 0 Å². The first-order valence-corrected chi connectivity index (χ1v) is 9.69. The second-order valence-corrected chi connectivity index (χ2v) is 7.18. The zero-order valence-electron chi connectivity index (χ0n) is 15.1. The fourth-order valence-electron chi connectivity index (χ4n) is 3.23. The summed E-state index contributed by atoms with van der Waals surface area (Å²) in [6.45, 7) is 0.902. The van der Waals surface area contributed by atoms with Gasteiger partial charge in [-0.25, -0.2) is 9.97 Å². The molecule has 6 nitrogen and oxygen atoms in total. The molecule has 0 atom stereocenters. The van der Waals surface area contributed by atoms with Crippen molar-refractivity contribution in [1.29, 1.82) is 0 Å². The molecule has 2 aromatic heterocycles. The van der Waals surface area contributed by atoms with Crippen LogP contribution in [0.1, 0.15) is 5.56 Å². The molecule has 4 aromatic rings. The van der Waals surface area contributed by atoms with Crippen molar-refractivity contribution in [3.05, 3.63) is 59.7 Å². The highest BCUT2D eigenvalue weighted by Crippen LogP contribution is 2.37. The molecule has 1 aliphatic heterocycles. The molecule has 140 valence electrons. The number of aromatic nitrogens is 2. The molecule has 0 saturated carbocycles.